The summed E-state index contributed by atoms with van der Waals surface area (Å²) in [5.74, 6) is -1.16. The van der Waals surface area contributed by atoms with Crippen molar-refractivity contribution < 1.29 is 14.7 Å². The Morgan fingerprint density at radius 1 is 1.19 bits per heavy atom. The molecule has 0 aromatic heterocycles. The summed E-state index contributed by atoms with van der Waals surface area (Å²) in [5.41, 5.74) is 1.87. The predicted molar refractivity (Wildman–Crippen MR) is 81.8 cm³/mol. The zero-order valence-corrected chi connectivity index (χ0v) is 13.1. The number of nitrogens with zero attached hydrogens (tertiary/aromatic N) is 1. The maximum absolute atomic E-state index is 13.0. The molecule has 2 unspecified atom stereocenters. The van der Waals surface area contributed by atoms with E-state index >= 15 is 0 Å². The van der Waals surface area contributed by atoms with Gasteiger partial charge in [-0.3, -0.25) is 4.79 Å². The number of carboxylic acids is 1. The zero-order valence-electron chi connectivity index (χ0n) is 13.1. The molecule has 1 heterocycles. The van der Waals surface area contributed by atoms with Gasteiger partial charge in [-0.25, -0.2) is 4.79 Å². The van der Waals surface area contributed by atoms with Crippen LogP contribution in [0.4, 0.5) is 0 Å². The van der Waals surface area contributed by atoms with Crippen LogP contribution in [-0.2, 0) is 0 Å². The first kappa shape index (κ1) is 15.5. The van der Waals surface area contributed by atoms with Gasteiger partial charge in [0.2, 0.25) is 0 Å². The first-order chi connectivity index (χ1) is 9.88. The molecule has 1 aromatic carbocycles. The van der Waals surface area contributed by atoms with Gasteiger partial charge in [-0.2, -0.15) is 0 Å². The Morgan fingerprint density at radius 2 is 1.76 bits per heavy atom. The lowest BCUT2D eigenvalue weighted by Gasteiger charge is -2.29. The fourth-order valence-corrected chi connectivity index (χ4v) is 3.33. The van der Waals surface area contributed by atoms with Crippen LogP contribution in [0.25, 0.3) is 0 Å². The van der Waals surface area contributed by atoms with E-state index in [0.29, 0.717) is 11.1 Å². The minimum atomic E-state index is -1.03. The van der Waals surface area contributed by atoms with Crippen molar-refractivity contribution in [3.63, 3.8) is 0 Å². The Balaban J connectivity index is 2.53. The van der Waals surface area contributed by atoms with Crippen molar-refractivity contribution in [2.75, 3.05) is 0 Å². The number of amides is 1. The van der Waals surface area contributed by atoms with Crippen LogP contribution in [0.5, 0.6) is 0 Å². The van der Waals surface area contributed by atoms with Crippen LogP contribution in [-0.4, -0.2) is 34.0 Å². The van der Waals surface area contributed by atoms with Gasteiger partial charge in [0, 0.05) is 12.1 Å². The van der Waals surface area contributed by atoms with Gasteiger partial charge in [0.1, 0.15) is 0 Å². The maximum Gasteiger partial charge on any atom is 0.336 e. The number of carboxylic acid groups (broad SMARTS) is 1. The number of aryl methyl sites for hydroxylation is 2. The van der Waals surface area contributed by atoms with E-state index in [9.17, 15) is 14.7 Å². The lowest BCUT2D eigenvalue weighted by atomic mass is 9.95. The third-order valence-electron chi connectivity index (χ3n) is 4.54. The zero-order chi connectivity index (χ0) is 15.7. The molecule has 1 fully saturated rings. The second-order valence-electron chi connectivity index (χ2n) is 5.96. The van der Waals surface area contributed by atoms with E-state index in [1.807, 2.05) is 17.9 Å². The van der Waals surface area contributed by atoms with Gasteiger partial charge >= 0.3 is 5.97 Å². The van der Waals surface area contributed by atoms with E-state index in [1.165, 1.54) is 0 Å². The number of aromatic carboxylic acids is 1. The molecule has 1 saturated heterocycles. The number of hydrogen-bond acceptors (Lipinski definition) is 2. The average Bonchev–Trinajstić information content (AvgIpc) is 2.80. The summed E-state index contributed by atoms with van der Waals surface area (Å²) in [5, 5.41) is 9.48. The number of likely N-dealkylation sites (tertiary alicyclic amines) is 1. The van der Waals surface area contributed by atoms with Crippen molar-refractivity contribution in [2.45, 2.75) is 59.0 Å². The van der Waals surface area contributed by atoms with Gasteiger partial charge in [-0.1, -0.05) is 19.1 Å². The van der Waals surface area contributed by atoms with Gasteiger partial charge in [-0.05, 0) is 51.2 Å². The van der Waals surface area contributed by atoms with Crippen molar-refractivity contribution in [1.82, 2.24) is 4.90 Å². The Hall–Kier alpha value is -1.84. The molecule has 21 heavy (non-hydrogen) atoms. The van der Waals surface area contributed by atoms with Crippen molar-refractivity contribution in [1.29, 1.82) is 0 Å². The number of hydrogen-bond donors (Lipinski definition) is 1. The standard InChI is InChI=1S/C17H23NO3/c1-5-13-9-8-12(4)18(13)16(19)14-10(2)6-7-11(3)15(14)17(20)21/h6-7,12-13H,5,8-9H2,1-4H3,(H,20,21). The molecule has 0 radical (unpaired) electrons. The molecular formula is C17H23NO3. The largest absolute Gasteiger partial charge is 0.478 e. The van der Waals surface area contributed by atoms with Crippen molar-refractivity contribution >= 4 is 11.9 Å². The highest BCUT2D eigenvalue weighted by atomic mass is 16.4. The lowest BCUT2D eigenvalue weighted by Crippen LogP contribution is -2.40. The van der Waals surface area contributed by atoms with Crippen LogP contribution < -0.4 is 0 Å². The third-order valence-corrected chi connectivity index (χ3v) is 4.54. The lowest BCUT2D eigenvalue weighted by molar-refractivity contribution is 0.0640. The molecule has 1 aromatic rings. The summed E-state index contributed by atoms with van der Waals surface area (Å²) >= 11 is 0. The molecule has 4 heteroatoms. The van der Waals surface area contributed by atoms with Crippen LogP contribution in [0.2, 0.25) is 0 Å². The molecule has 1 N–H and O–H groups in total. The first-order valence-electron chi connectivity index (χ1n) is 7.54. The molecule has 2 rings (SSSR count). The predicted octanol–water partition coefficient (Wildman–Crippen LogP) is 3.40. The quantitative estimate of drug-likeness (QED) is 0.927. The van der Waals surface area contributed by atoms with Gasteiger partial charge in [0.25, 0.3) is 5.91 Å². The summed E-state index contributed by atoms with van der Waals surface area (Å²) in [6, 6.07) is 3.98. The number of rotatable bonds is 3. The van der Waals surface area contributed by atoms with Gasteiger partial charge in [-0.15, -0.1) is 0 Å². The van der Waals surface area contributed by atoms with Crippen LogP contribution in [0.3, 0.4) is 0 Å². The van der Waals surface area contributed by atoms with Crippen molar-refractivity contribution in [3.05, 3.63) is 34.4 Å². The summed E-state index contributed by atoms with van der Waals surface area (Å²) in [4.78, 5) is 26.4. The smallest absolute Gasteiger partial charge is 0.336 e. The van der Waals surface area contributed by atoms with Crippen molar-refractivity contribution in [3.8, 4) is 0 Å². The first-order valence-corrected chi connectivity index (χ1v) is 7.54. The summed E-state index contributed by atoms with van der Waals surface area (Å²) in [6.45, 7) is 7.66. The molecule has 0 aliphatic carbocycles. The molecule has 114 valence electrons. The average molecular weight is 289 g/mol. The Labute approximate surface area is 125 Å². The highest BCUT2D eigenvalue weighted by molar-refractivity contribution is 6.07. The normalized spacial score (nSPS) is 21.6. The highest BCUT2D eigenvalue weighted by Crippen LogP contribution is 2.30. The van der Waals surface area contributed by atoms with Crippen LogP contribution in [0.15, 0.2) is 12.1 Å². The van der Waals surface area contributed by atoms with Gasteiger partial charge in [0.05, 0.1) is 11.1 Å². The van der Waals surface area contributed by atoms with E-state index < -0.39 is 5.97 Å². The molecule has 0 bridgehead atoms. The van der Waals surface area contributed by atoms with Crippen molar-refractivity contribution in [2.24, 2.45) is 0 Å². The minimum Gasteiger partial charge on any atom is -0.478 e. The maximum atomic E-state index is 13.0. The molecule has 4 nitrogen and oxygen atoms in total. The van der Waals surface area contributed by atoms with E-state index in [0.717, 1.165) is 24.8 Å². The molecule has 1 aliphatic rings. The van der Waals surface area contributed by atoms with Crippen LogP contribution in [0, 0.1) is 13.8 Å². The molecule has 1 amide bonds. The number of carbonyl (C=O) groups excluding carboxylic acids is 1. The topological polar surface area (TPSA) is 57.6 Å². The van der Waals surface area contributed by atoms with Crippen LogP contribution in [0.1, 0.15) is 65.0 Å². The fourth-order valence-electron chi connectivity index (χ4n) is 3.33. The molecule has 0 saturated carbocycles. The number of carbonyl (C=O) groups is 2. The molecular weight excluding hydrogens is 266 g/mol. The Bertz CT molecular complexity index is 580. The van der Waals surface area contributed by atoms with E-state index in [4.69, 9.17) is 0 Å². The fraction of sp³-hybridized carbons (Fsp3) is 0.529. The van der Waals surface area contributed by atoms with E-state index in [-0.39, 0.29) is 23.6 Å². The SMILES string of the molecule is CCC1CCC(C)N1C(=O)c1c(C)ccc(C)c1C(=O)O. The van der Waals surface area contributed by atoms with Crippen LogP contribution >= 0.6 is 0 Å². The number of benzene rings is 1. The molecule has 2 atom stereocenters. The Morgan fingerprint density at radius 3 is 2.29 bits per heavy atom. The van der Waals surface area contributed by atoms with E-state index in [2.05, 4.69) is 6.92 Å². The molecule has 0 spiro atoms. The van der Waals surface area contributed by atoms with Gasteiger partial charge in [0.15, 0.2) is 0 Å². The Kier molecular flexibility index (Phi) is 4.35. The monoisotopic (exact) mass is 289 g/mol. The van der Waals surface area contributed by atoms with E-state index in [1.54, 1.807) is 19.9 Å². The summed E-state index contributed by atoms with van der Waals surface area (Å²) < 4.78 is 0. The highest BCUT2D eigenvalue weighted by Gasteiger charge is 2.36. The van der Waals surface area contributed by atoms with Gasteiger partial charge < -0.3 is 10.0 Å². The minimum absolute atomic E-state index is 0.134. The second-order valence-corrected chi connectivity index (χ2v) is 5.96. The summed E-state index contributed by atoms with van der Waals surface area (Å²) in [7, 11) is 0. The second kappa shape index (κ2) is 5.88. The summed E-state index contributed by atoms with van der Waals surface area (Å²) in [6.07, 6.45) is 2.89. The third kappa shape index (κ3) is 2.67. The molecule has 1 aliphatic heterocycles.